The predicted molar refractivity (Wildman–Crippen MR) is 69.4 cm³/mol. The highest BCUT2D eigenvalue weighted by atomic mass is 16.4. The number of rotatable bonds is 4. The molecule has 1 aromatic heterocycles. The van der Waals surface area contributed by atoms with Crippen LogP contribution in [-0.4, -0.2) is 37.1 Å². The van der Waals surface area contributed by atoms with Crippen LogP contribution >= 0.6 is 0 Å². The Kier molecular flexibility index (Phi) is 3.67. The van der Waals surface area contributed by atoms with Crippen molar-refractivity contribution in [3.63, 3.8) is 0 Å². The van der Waals surface area contributed by atoms with Crippen molar-refractivity contribution in [2.24, 2.45) is 0 Å². The molecule has 0 atom stereocenters. The van der Waals surface area contributed by atoms with Crippen molar-refractivity contribution >= 4 is 11.9 Å². The summed E-state index contributed by atoms with van der Waals surface area (Å²) in [5.74, 6) is -2.50. The lowest BCUT2D eigenvalue weighted by Gasteiger charge is -2.07. The maximum Gasteiger partial charge on any atom is 0.335 e. The van der Waals surface area contributed by atoms with Crippen LogP contribution in [0.25, 0.3) is 5.69 Å². The van der Waals surface area contributed by atoms with Gasteiger partial charge in [0.05, 0.1) is 22.5 Å². The first kappa shape index (κ1) is 14.2. The number of hydrogen-bond donors (Lipinski definition) is 2. The molecule has 0 fully saturated rings. The fourth-order valence-electron chi connectivity index (χ4n) is 1.89. The molecule has 0 aliphatic rings. The number of nitrogens with zero attached hydrogens (tertiary/aromatic N) is 4. The van der Waals surface area contributed by atoms with Gasteiger partial charge in [-0.1, -0.05) is 12.1 Å². The van der Waals surface area contributed by atoms with Crippen LogP contribution in [0.3, 0.4) is 0 Å². The first-order chi connectivity index (χ1) is 9.97. The zero-order chi connectivity index (χ0) is 15.6. The molecule has 0 bridgehead atoms. The standard InChI is InChI=1S/C13H10N4O4/c1-2-11-10(6-14)15-16-17(11)9-4-7(12(18)19)3-8(5-9)13(20)21/h3-5H,2H2,1H3,(H,18,19)(H,20,21). The molecule has 1 heterocycles. The van der Waals surface area contributed by atoms with E-state index in [1.165, 1.54) is 16.8 Å². The van der Waals surface area contributed by atoms with E-state index in [-0.39, 0.29) is 22.5 Å². The largest absolute Gasteiger partial charge is 0.478 e. The van der Waals surface area contributed by atoms with Gasteiger partial charge in [0.25, 0.3) is 0 Å². The van der Waals surface area contributed by atoms with Crippen molar-refractivity contribution in [2.75, 3.05) is 0 Å². The fraction of sp³-hybridized carbons (Fsp3) is 0.154. The van der Waals surface area contributed by atoms with Gasteiger partial charge in [-0.25, -0.2) is 14.3 Å². The zero-order valence-electron chi connectivity index (χ0n) is 10.9. The van der Waals surface area contributed by atoms with E-state index in [2.05, 4.69) is 10.3 Å². The van der Waals surface area contributed by atoms with Crippen LogP contribution in [-0.2, 0) is 6.42 Å². The predicted octanol–water partition coefficient (Wildman–Crippen LogP) is 1.10. The Morgan fingerprint density at radius 1 is 1.24 bits per heavy atom. The van der Waals surface area contributed by atoms with Gasteiger partial charge in [-0.05, 0) is 24.6 Å². The Labute approximate surface area is 118 Å². The van der Waals surface area contributed by atoms with Crippen LogP contribution in [0, 0.1) is 11.3 Å². The molecule has 21 heavy (non-hydrogen) atoms. The highest BCUT2D eigenvalue weighted by Crippen LogP contribution is 2.18. The van der Waals surface area contributed by atoms with Crippen LogP contribution in [0.5, 0.6) is 0 Å². The first-order valence-corrected chi connectivity index (χ1v) is 5.94. The number of aromatic carboxylic acids is 2. The smallest absolute Gasteiger partial charge is 0.335 e. The summed E-state index contributed by atoms with van der Waals surface area (Å²) in [6, 6.07) is 5.50. The molecule has 106 valence electrons. The topological polar surface area (TPSA) is 129 Å². The minimum absolute atomic E-state index is 0.120. The van der Waals surface area contributed by atoms with E-state index in [1.54, 1.807) is 6.92 Å². The zero-order valence-corrected chi connectivity index (χ0v) is 10.9. The van der Waals surface area contributed by atoms with E-state index in [4.69, 9.17) is 15.5 Å². The number of carbonyl (C=O) groups is 2. The second kappa shape index (κ2) is 5.42. The summed E-state index contributed by atoms with van der Waals surface area (Å²) in [6.45, 7) is 1.79. The monoisotopic (exact) mass is 286 g/mol. The van der Waals surface area contributed by atoms with Gasteiger partial charge in [-0.3, -0.25) is 0 Å². The Balaban J connectivity index is 2.69. The molecule has 0 saturated carbocycles. The van der Waals surface area contributed by atoms with Crippen LogP contribution in [0.15, 0.2) is 18.2 Å². The summed E-state index contributed by atoms with van der Waals surface area (Å²) >= 11 is 0. The molecule has 0 aliphatic heterocycles. The van der Waals surface area contributed by atoms with Crippen LogP contribution in [0.4, 0.5) is 0 Å². The van der Waals surface area contributed by atoms with Crippen molar-refractivity contribution in [3.8, 4) is 11.8 Å². The maximum absolute atomic E-state index is 11.1. The molecular weight excluding hydrogens is 276 g/mol. The SMILES string of the molecule is CCc1c(C#N)nnn1-c1cc(C(=O)O)cc(C(=O)O)c1. The fourth-order valence-corrected chi connectivity index (χ4v) is 1.89. The molecular formula is C13H10N4O4. The van der Waals surface area contributed by atoms with E-state index < -0.39 is 11.9 Å². The van der Waals surface area contributed by atoms with Crippen molar-refractivity contribution in [1.29, 1.82) is 5.26 Å². The highest BCUT2D eigenvalue weighted by molar-refractivity contribution is 5.94. The lowest BCUT2D eigenvalue weighted by molar-refractivity contribution is 0.0696. The van der Waals surface area contributed by atoms with Crippen molar-refractivity contribution in [2.45, 2.75) is 13.3 Å². The second-order valence-corrected chi connectivity index (χ2v) is 4.14. The Hall–Kier alpha value is -3.21. The molecule has 2 N–H and O–H groups in total. The second-order valence-electron chi connectivity index (χ2n) is 4.14. The molecule has 8 heteroatoms. The van der Waals surface area contributed by atoms with Crippen LogP contribution in [0.1, 0.15) is 39.0 Å². The number of aromatic nitrogens is 3. The third kappa shape index (κ3) is 2.57. The Bertz CT molecular complexity index is 741. The van der Waals surface area contributed by atoms with Crippen molar-refractivity contribution in [1.82, 2.24) is 15.0 Å². The van der Waals surface area contributed by atoms with Gasteiger partial charge in [0.15, 0.2) is 5.69 Å². The molecule has 0 radical (unpaired) electrons. The number of hydrogen-bond acceptors (Lipinski definition) is 5. The lowest BCUT2D eigenvalue weighted by Crippen LogP contribution is -2.08. The summed E-state index contributed by atoms with van der Waals surface area (Å²) in [5.41, 5.74) is 0.478. The third-order valence-electron chi connectivity index (χ3n) is 2.86. The molecule has 2 rings (SSSR count). The molecule has 0 spiro atoms. The van der Waals surface area contributed by atoms with Gasteiger partial charge in [0, 0.05) is 0 Å². The van der Waals surface area contributed by atoms with Crippen LogP contribution in [0.2, 0.25) is 0 Å². The molecule has 0 unspecified atom stereocenters. The average molecular weight is 286 g/mol. The lowest BCUT2D eigenvalue weighted by atomic mass is 10.1. The summed E-state index contributed by atoms with van der Waals surface area (Å²) in [6.07, 6.45) is 0.440. The number of nitriles is 1. The van der Waals surface area contributed by atoms with E-state index in [0.717, 1.165) is 6.07 Å². The number of benzene rings is 1. The highest BCUT2D eigenvalue weighted by Gasteiger charge is 2.17. The van der Waals surface area contributed by atoms with E-state index >= 15 is 0 Å². The Morgan fingerprint density at radius 2 is 1.81 bits per heavy atom. The Morgan fingerprint density at radius 3 is 2.24 bits per heavy atom. The van der Waals surface area contributed by atoms with Gasteiger partial charge in [0.2, 0.25) is 0 Å². The maximum atomic E-state index is 11.1. The van der Waals surface area contributed by atoms with Crippen molar-refractivity contribution in [3.05, 3.63) is 40.7 Å². The molecule has 8 nitrogen and oxygen atoms in total. The third-order valence-corrected chi connectivity index (χ3v) is 2.86. The first-order valence-electron chi connectivity index (χ1n) is 5.94. The van der Waals surface area contributed by atoms with Crippen LogP contribution < -0.4 is 0 Å². The van der Waals surface area contributed by atoms with Crippen molar-refractivity contribution < 1.29 is 19.8 Å². The van der Waals surface area contributed by atoms with Gasteiger partial charge >= 0.3 is 11.9 Å². The van der Waals surface area contributed by atoms with Gasteiger partial charge < -0.3 is 10.2 Å². The summed E-state index contributed by atoms with van der Waals surface area (Å²) in [7, 11) is 0. The minimum Gasteiger partial charge on any atom is -0.478 e. The molecule has 0 saturated heterocycles. The molecule has 2 aromatic rings. The summed E-state index contributed by atoms with van der Waals surface area (Å²) in [5, 5.41) is 34.5. The quantitative estimate of drug-likeness (QED) is 0.860. The summed E-state index contributed by atoms with van der Waals surface area (Å²) < 4.78 is 1.28. The van der Waals surface area contributed by atoms with Gasteiger partial charge in [-0.2, -0.15) is 5.26 Å². The molecule has 0 aliphatic carbocycles. The number of carboxylic acid groups (broad SMARTS) is 2. The summed E-state index contributed by atoms with van der Waals surface area (Å²) in [4.78, 5) is 22.2. The van der Waals surface area contributed by atoms with Gasteiger partial charge in [0.1, 0.15) is 6.07 Å². The average Bonchev–Trinajstić information content (AvgIpc) is 2.89. The normalized spacial score (nSPS) is 10.1. The van der Waals surface area contributed by atoms with E-state index in [0.29, 0.717) is 12.1 Å². The molecule has 1 aromatic carbocycles. The van der Waals surface area contributed by atoms with Gasteiger partial charge in [-0.15, -0.1) is 5.10 Å². The number of carboxylic acids is 2. The van der Waals surface area contributed by atoms with E-state index in [9.17, 15) is 9.59 Å². The molecule has 0 amide bonds. The van der Waals surface area contributed by atoms with E-state index in [1.807, 2.05) is 6.07 Å². The minimum atomic E-state index is -1.25.